The Morgan fingerprint density at radius 3 is 2.48 bits per heavy atom. The Hall–Kier alpha value is -0.120. The first-order valence-electron chi connectivity index (χ1n) is 9.17. The molecular weight excluding hydrogens is 258 g/mol. The van der Waals surface area contributed by atoms with Crippen LogP contribution in [0.5, 0.6) is 0 Å². The predicted octanol–water partition coefficient (Wildman–Crippen LogP) is 2.82. The summed E-state index contributed by atoms with van der Waals surface area (Å²) in [6.07, 6.45) is 8.65. The van der Waals surface area contributed by atoms with Crippen LogP contribution in [-0.4, -0.2) is 62.2 Å². The van der Waals surface area contributed by atoms with E-state index in [1.807, 2.05) is 0 Å². The lowest BCUT2D eigenvalue weighted by Crippen LogP contribution is -2.53. The van der Waals surface area contributed by atoms with Crippen LogP contribution in [0.3, 0.4) is 0 Å². The molecule has 2 aliphatic rings. The largest absolute Gasteiger partial charge is 0.310 e. The molecule has 0 aromatic carbocycles. The molecule has 2 rings (SSSR count). The van der Waals surface area contributed by atoms with Gasteiger partial charge in [-0.25, -0.2) is 0 Å². The first kappa shape index (κ1) is 17.2. The van der Waals surface area contributed by atoms with E-state index in [0.29, 0.717) is 0 Å². The van der Waals surface area contributed by atoms with Crippen LogP contribution >= 0.6 is 0 Å². The average Bonchev–Trinajstić information content (AvgIpc) is 2.44. The molecular formula is C18H37N3. The molecule has 1 heterocycles. The van der Waals surface area contributed by atoms with E-state index in [4.69, 9.17) is 0 Å². The summed E-state index contributed by atoms with van der Waals surface area (Å²) in [5.41, 5.74) is 0. The van der Waals surface area contributed by atoms with E-state index >= 15 is 0 Å². The van der Waals surface area contributed by atoms with Gasteiger partial charge < -0.3 is 15.1 Å². The molecule has 0 aromatic rings. The average molecular weight is 296 g/mol. The molecule has 0 spiro atoms. The fourth-order valence-electron chi connectivity index (χ4n) is 4.14. The third-order valence-electron chi connectivity index (χ3n) is 5.21. The Morgan fingerprint density at radius 1 is 1.00 bits per heavy atom. The normalized spacial score (nSPS) is 30.1. The van der Waals surface area contributed by atoms with E-state index in [0.717, 1.165) is 23.9 Å². The zero-order valence-electron chi connectivity index (χ0n) is 14.8. The molecule has 0 aromatic heterocycles. The fraction of sp³-hybridized carbons (Fsp3) is 1.00. The van der Waals surface area contributed by atoms with E-state index in [9.17, 15) is 0 Å². The summed E-state index contributed by atoms with van der Waals surface area (Å²) >= 11 is 0. The van der Waals surface area contributed by atoms with Crippen LogP contribution in [0, 0.1) is 11.8 Å². The molecule has 124 valence electrons. The molecule has 0 bridgehead atoms. The maximum atomic E-state index is 3.99. The van der Waals surface area contributed by atoms with Crippen LogP contribution in [0.25, 0.3) is 0 Å². The fourth-order valence-corrected chi connectivity index (χ4v) is 4.14. The summed E-state index contributed by atoms with van der Waals surface area (Å²) in [6, 6.07) is 1.55. The maximum absolute atomic E-state index is 3.99. The number of rotatable bonds is 7. The van der Waals surface area contributed by atoms with Crippen LogP contribution in [0.1, 0.15) is 52.4 Å². The van der Waals surface area contributed by atoms with Crippen LogP contribution in [0.2, 0.25) is 0 Å². The van der Waals surface area contributed by atoms with Crippen LogP contribution in [0.4, 0.5) is 0 Å². The molecule has 2 fully saturated rings. The zero-order chi connectivity index (χ0) is 15.2. The van der Waals surface area contributed by atoms with Crippen LogP contribution < -0.4 is 5.32 Å². The third kappa shape index (κ3) is 5.88. The van der Waals surface area contributed by atoms with Crippen molar-refractivity contribution in [2.75, 3.05) is 40.3 Å². The second-order valence-corrected chi connectivity index (χ2v) is 8.05. The van der Waals surface area contributed by atoms with Crippen molar-refractivity contribution in [3.8, 4) is 0 Å². The monoisotopic (exact) mass is 295 g/mol. The van der Waals surface area contributed by atoms with Gasteiger partial charge >= 0.3 is 0 Å². The number of fused-ring (bicyclic) bond motifs is 1. The predicted molar refractivity (Wildman–Crippen MR) is 91.7 cm³/mol. The highest BCUT2D eigenvalue weighted by molar-refractivity contribution is 4.90. The minimum absolute atomic E-state index is 0.727. The lowest BCUT2D eigenvalue weighted by molar-refractivity contribution is 0.133. The van der Waals surface area contributed by atoms with Gasteiger partial charge in [-0.15, -0.1) is 0 Å². The number of likely N-dealkylation sites (N-methyl/N-ethyl adjacent to an activating group) is 1. The number of hydrogen-bond acceptors (Lipinski definition) is 3. The van der Waals surface area contributed by atoms with E-state index in [2.05, 4.69) is 43.1 Å². The molecule has 3 unspecified atom stereocenters. The number of hydrogen-bond donors (Lipinski definition) is 1. The molecule has 1 aliphatic heterocycles. The van der Waals surface area contributed by atoms with Crippen molar-refractivity contribution in [1.29, 1.82) is 0 Å². The van der Waals surface area contributed by atoms with E-state index in [1.165, 1.54) is 64.7 Å². The zero-order valence-corrected chi connectivity index (χ0v) is 14.8. The molecule has 0 amide bonds. The minimum atomic E-state index is 0.727. The number of piperidine rings is 1. The summed E-state index contributed by atoms with van der Waals surface area (Å²) in [7, 11) is 4.36. The van der Waals surface area contributed by atoms with Gasteiger partial charge in [0.2, 0.25) is 0 Å². The topological polar surface area (TPSA) is 18.5 Å². The third-order valence-corrected chi connectivity index (χ3v) is 5.21. The molecule has 1 aliphatic carbocycles. The van der Waals surface area contributed by atoms with Crippen molar-refractivity contribution in [2.45, 2.75) is 64.5 Å². The SMILES string of the molecule is CC(C)CN(CCN(C)C)CC1CCC2CCCCC2N1. The Morgan fingerprint density at radius 2 is 1.76 bits per heavy atom. The summed E-state index contributed by atoms with van der Waals surface area (Å²) in [5.74, 6) is 1.74. The quantitative estimate of drug-likeness (QED) is 0.779. The summed E-state index contributed by atoms with van der Waals surface area (Å²) in [5, 5.41) is 3.99. The Balaban J connectivity index is 1.81. The molecule has 0 radical (unpaired) electrons. The van der Waals surface area contributed by atoms with Gasteiger partial charge in [0.05, 0.1) is 0 Å². The van der Waals surface area contributed by atoms with Crippen molar-refractivity contribution >= 4 is 0 Å². The maximum Gasteiger partial charge on any atom is 0.0197 e. The lowest BCUT2D eigenvalue weighted by Gasteiger charge is -2.42. The Kier molecular flexibility index (Phi) is 6.97. The van der Waals surface area contributed by atoms with Gasteiger partial charge in [0, 0.05) is 38.3 Å². The molecule has 1 saturated carbocycles. The molecule has 3 heteroatoms. The van der Waals surface area contributed by atoms with Gasteiger partial charge in [-0.2, -0.15) is 0 Å². The van der Waals surface area contributed by atoms with Gasteiger partial charge in [-0.3, -0.25) is 0 Å². The van der Waals surface area contributed by atoms with Crippen molar-refractivity contribution in [2.24, 2.45) is 11.8 Å². The standard InChI is InChI=1S/C18H37N3/c1-15(2)13-21(12-11-20(3)4)14-17-10-9-16-7-5-6-8-18(16)19-17/h15-19H,5-14H2,1-4H3. The molecule has 21 heavy (non-hydrogen) atoms. The lowest BCUT2D eigenvalue weighted by atomic mass is 9.77. The Bertz CT molecular complexity index is 290. The van der Waals surface area contributed by atoms with Crippen LogP contribution in [-0.2, 0) is 0 Å². The Labute approximate surface area is 132 Å². The van der Waals surface area contributed by atoms with Crippen molar-refractivity contribution < 1.29 is 0 Å². The second kappa shape index (κ2) is 8.50. The number of nitrogens with one attached hydrogen (secondary N) is 1. The summed E-state index contributed by atoms with van der Waals surface area (Å²) in [4.78, 5) is 4.99. The highest BCUT2D eigenvalue weighted by atomic mass is 15.2. The van der Waals surface area contributed by atoms with Crippen molar-refractivity contribution in [3.63, 3.8) is 0 Å². The summed E-state index contributed by atoms with van der Waals surface area (Å²) in [6.45, 7) is 9.54. The van der Waals surface area contributed by atoms with Gasteiger partial charge in [-0.05, 0) is 51.6 Å². The van der Waals surface area contributed by atoms with Gasteiger partial charge in [0.1, 0.15) is 0 Å². The molecule has 1 saturated heterocycles. The molecule has 3 nitrogen and oxygen atoms in total. The van der Waals surface area contributed by atoms with Crippen molar-refractivity contribution in [3.05, 3.63) is 0 Å². The van der Waals surface area contributed by atoms with E-state index in [1.54, 1.807) is 0 Å². The van der Waals surface area contributed by atoms with Crippen molar-refractivity contribution in [1.82, 2.24) is 15.1 Å². The minimum Gasteiger partial charge on any atom is -0.310 e. The van der Waals surface area contributed by atoms with Gasteiger partial charge in [-0.1, -0.05) is 26.7 Å². The molecule has 1 N–H and O–H groups in total. The van der Waals surface area contributed by atoms with Gasteiger partial charge in [0.25, 0.3) is 0 Å². The second-order valence-electron chi connectivity index (χ2n) is 8.05. The highest BCUT2D eigenvalue weighted by Crippen LogP contribution is 2.32. The van der Waals surface area contributed by atoms with E-state index < -0.39 is 0 Å². The molecule has 3 atom stereocenters. The van der Waals surface area contributed by atoms with E-state index in [-0.39, 0.29) is 0 Å². The number of nitrogens with zero attached hydrogens (tertiary/aromatic N) is 2. The smallest absolute Gasteiger partial charge is 0.0197 e. The highest BCUT2D eigenvalue weighted by Gasteiger charge is 2.32. The van der Waals surface area contributed by atoms with Crippen LogP contribution in [0.15, 0.2) is 0 Å². The summed E-state index contributed by atoms with van der Waals surface area (Å²) < 4.78 is 0. The first-order chi connectivity index (χ1) is 10.0. The first-order valence-corrected chi connectivity index (χ1v) is 9.17. The van der Waals surface area contributed by atoms with Gasteiger partial charge in [0.15, 0.2) is 0 Å².